The first-order valence-corrected chi connectivity index (χ1v) is 11.0. The molecule has 0 fully saturated rings. The number of nitrogens with zero attached hydrogens (tertiary/aromatic N) is 2. The Kier molecular flexibility index (Phi) is 7.76. The molecule has 0 saturated heterocycles. The molecule has 0 bridgehead atoms. The van der Waals surface area contributed by atoms with Crippen LogP contribution in [-0.2, 0) is 16.4 Å². The van der Waals surface area contributed by atoms with E-state index in [2.05, 4.69) is 16.7 Å². The zero-order chi connectivity index (χ0) is 21.4. The highest BCUT2D eigenvalue weighted by Gasteiger charge is 2.23. The van der Waals surface area contributed by atoms with Gasteiger partial charge in [-0.15, -0.1) is 0 Å². The van der Waals surface area contributed by atoms with Crippen LogP contribution in [0.4, 0.5) is 11.4 Å². The maximum Gasteiger partial charge on any atom is 0.255 e. The highest BCUT2D eigenvalue weighted by Crippen LogP contribution is 2.28. The minimum atomic E-state index is -3.65. The molecule has 2 N–H and O–H groups in total. The molecular weight excluding hydrogens is 388 g/mol. The number of hydrogen-bond acceptors (Lipinski definition) is 5. The molecule has 2 aromatic carbocycles. The normalized spacial score (nSPS) is 11.1. The van der Waals surface area contributed by atoms with Crippen molar-refractivity contribution in [1.82, 2.24) is 4.31 Å². The number of anilines is 2. The number of sulfonamides is 1. The Bertz CT molecular complexity index is 1010. The molecule has 0 heterocycles. The van der Waals surface area contributed by atoms with Crippen molar-refractivity contribution in [1.29, 1.82) is 5.26 Å². The van der Waals surface area contributed by atoms with E-state index in [-0.39, 0.29) is 17.2 Å². The van der Waals surface area contributed by atoms with Crippen molar-refractivity contribution in [3.63, 3.8) is 0 Å². The number of carbonyl (C=O) groups excluding carboxylic acids is 1. The van der Waals surface area contributed by atoms with E-state index >= 15 is 0 Å². The van der Waals surface area contributed by atoms with Gasteiger partial charge in [0.05, 0.1) is 28.8 Å². The van der Waals surface area contributed by atoms with Crippen LogP contribution in [0, 0.1) is 11.3 Å². The van der Waals surface area contributed by atoms with E-state index in [1.807, 2.05) is 6.92 Å². The fraction of sp³-hybridized carbons (Fsp3) is 0.333. The molecule has 154 valence electrons. The molecule has 0 radical (unpaired) electrons. The number of hydrogen-bond donors (Lipinski definition) is 2. The molecule has 0 aromatic heterocycles. The third kappa shape index (κ3) is 5.34. The van der Waals surface area contributed by atoms with Gasteiger partial charge in [-0.25, -0.2) is 8.42 Å². The van der Waals surface area contributed by atoms with Crippen molar-refractivity contribution in [3.05, 3.63) is 53.6 Å². The van der Waals surface area contributed by atoms with Gasteiger partial charge < -0.3 is 10.6 Å². The molecule has 0 aliphatic carbocycles. The number of nitrogens with one attached hydrogen (secondary N) is 2. The Labute approximate surface area is 172 Å². The number of amides is 1. The predicted octanol–water partition coefficient (Wildman–Crippen LogP) is 3.47. The van der Waals surface area contributed by atoms with E-state index in [1.165, 1.54) is 16.4 Å². The molecule has 2 rings (SSSR count). The van der Waals surface area contributed by atoms with E-state index in [1.54, 1.807) is 44.2 Å². The Morgan fingerprint density at radius 3 is 2.41 bits per heavy atom. The third-order valence-corrected chi connectivity index (χ3v) is 6.47. The van der Waals surface area contributed by atoms with E-state index in [0.29, 0.717) is 36.6 Å². The van der Waals surface area contributed by atoms with Gasteiger partial charge >= 0.3 is 0 Å². The number of rotatable bonds is 9. The van der Waals surface area contributed by atoms with Crippen molar-refractivity contribution in [2.45, 2.75) is 32.1 Å². The summed E-state index contributed by atoms with van der Waals surface area (Å²) >= 11 is 0. The van der Waals surface area contributed by atoms with Crippen LogP contribution in [0.5, 0.6) is 0 Å². The highest BCUT2D eigenvalue weighted by atomic mass is 32.2. The van der Waals surface area contributed by atoms with Crippen LogP contribution < -0.4 is 10.6 Å². The first kappa shape index (κ1) is 22.4. The summed E-state index contributed by atoms with van der Waals surface area (Å²) in [6.07, 6.45) is 0.210. The SMILES string of the molecule is CCNc1ccc(S(=O)(=O)N(CC)CC)cc1NC(=O)c1cccc(CC#N)c1. The van der Waals surface area contributed by atoms with Crippen molar-refractivity contribution in [2.24, 2.45) is 0 Å². The zero-order valence-corrected chi connectivity index (χ0v) is 17.7. The van der Waals surface area contributed by atoms with Crippen LogP contribution in [0.25, 0.3) is 0 Å². The van der Waals surface area contributed by atoms with Crippen molar-refractivity contribution in [2.75, 3.05) is 30.3 Å². The summed E-state index contributed by atoms with van der Waals surface area (Å²) in [7, 11) is -3.65. The molecule has 1 amide bonds. The molecule has 0 saturated carbocycles. The second kappa shape index (κ2) is 10.0. The highest BCUT2D eigenvalue weighted by molar-refractivity contribution is 7.89. The van der Waals surface area contributed by atoms with Gasteiger partial charge in [0.15, 0.2) is 0 Å². The lowest BCUT2D eigenvalue weighted by molar-refractivity contribution is 0.102. The van der Waals surface area contributed by atoms with Crippen LogP contribution >= 0.6 is 0 Å². The maximum absolute atomic E-state index is 12.9. The first-order chi connectivity index (χ1) is 13.9. The Balaban J connectivity index is 2.41. The minimum Gasteiger partial charge on any atom is -0.384 e. The molecule has 2 aromatic rings. The average Bonchev–Trinajstić information content (AvgIpc) is 2.70. The Hall–Kier alpha value is -2.89. The maximum atomic E-state index is 12.9. The van der Waals surface area contributed by atoms with Crippen LogP contribution in [0.2, 0.25) is 0 Å². The zero-order valence-electron chi connectivity index (χ0n) is 16.9. The molecule has 0 atom stereocenters. The number of carbonyl (C=O) groups is 1. The van der Waals surface area contributed by atoms with Gasteiger partial charge in [0.1, 0.15) is 0 Å². The fourth-order valence-electron chi connectivity index (χ4n) is 2.95. The first-order valence-electron chi connectivity index (χ1n) is 9.52. The summed E-state index contributed by atoms with van der Waals surface area (Å²) < 4.78 is 27.1. The van der Waals surface area contributed by atoms with E-state index in [0.717, 1.165) is 5.56 Å². The Morgan fingerprint density at radius 1 is 1.07 bits per heavy atom. The lowest BCUT2D eigenvalue weighted by atomic mass is 10.1. The standard InChI is InChI=1S/C21H26N4O3S/c1-4-23-19-11-10-18(29(27,28)25(5-2)6-3)15-20(19)24-21(26)17-9-7-8-16(14-17)12-13-22/h7-11,14-15,23H,4-6,12H2,1-3H3,(H,24,26). The topological polar surface area (TPSA) is 102 Å². The summed E-state index contributed by atoms with van der Waals surface area (Å²) in [5, 5.41) is 14.8. The molecule has 0 spiro atoms. The minimum absolute atomic E-state index is 0.122. The molecule has 0 aliphatic heterocycles. The summed E-state index contributed by atoms with van der Waals surface area (Å²) in [5.41, 5.74) is 2.16. The largest absolute Gasteiger partial charge is 0.384 e. The van der Waals surface area contributed by atoms with E-state index in [4.69, 9.17) is 5.26 Å². The van der Waals surface area contributed by atoms with Crippen LogP contribution in [-0.4, -0.2) is 38.3 Å². The second-order valence-electron chi connectivity index (χ2n) is 6.32. The Morgan fingerprint density at radius 2 is 1.79 bits per heavy atom. The van der Waals surface area contributed by atoms with Gasteiger partial charge in [-0.3, -0.25) is 4.79 Å². The molecule has 7 nitrogen and oxygen atoms in total. The van der Waals surface area contributed by atoms with Crippen molar-refractivity contribution >= 4 is 27.3 Å². The van der Waals surface area contributed by atoms with Gasteiger partial charge in [0.2, 0.25) is 10.0 Å². The van der Waals surface area contributed by atoms with Gasteiger partial charge in [-0.2, -0.15) is 9.57 Å². The fourth-order valence-corrected chi connectivity index (χ4v) is 4.44. The monoisotopic (exact) mass is 414 g/mol. The molecular formula is C21H26N4O3S. The predicted molar refractivity (Wildman–Crippen MR) is 114 cm³/mol. The summed E-state index contributed by atoms with van der Waals surface area (Å²) in [6.45, 7) is 6.82. The van der Waals surface area contributed by atoms with Crippen molar-refractivity contribution in [3.8, 4) is 6.07 Å². The van der Waals surface area contributed by atoms with Gasteiger partial charge in [0, 0.05) is 25.2 Å². The summed E-state index contributed by atoms with van der Waals surface area (Å²) in [6, 6.07) is 13.5. The summed E-state index contributed by atoms with van der Waals surface area (Å²) in [5.74, 6) is -0.374. The molecule has 29 heavy (non-hydrogen) atoms. The summed E-state index contributed by atoms with van der Waals surface area (Å²) in [4.78, 5) is 12.9. The third-order valence-electron chi connectivity index (χ3n) is 4.42. The smallest absolute Gasteiger partial charge is 0.255 e. The lowest BCUT2D eigenvalue weighted by Gasteiger charge is -2.20. The molecule has 0 aliphatic rings. The van der Waals surface area contributed by atoms with E-state index < -0.39 is 10.0 Å². The molecule has 8 heteroatoms. The van der Waals surface area contributed by atoms with Crippen LogP contribution in [0.15, 0.2) is 47.4 Å². The quantitative estimate of drug-likeness (QED) is 0.654. The van der Waals surface area contributed by atoms with Gasteiger partial charge in [-0.1, -0.05) is 26.0 Å². The van der Waals surface area contributed by atoms with Crippen LogP contribution in [0.3, 0.4) is 0 Å². The van der Waals surface area contributed by atoms with Gasteiger partial charge in [-0.05, 0) is 42.8 Å². The van der Waals surface area contributed by atoms with Crippen LogP contribution in [0.1, 0.15) is 36.7 Å². The number of nitriles is 1. The lowest BCUT2D eigenvalue weighted by Crippen LogP contribution is -2.30. The second-order valence-corrected chi connectivity index (χ2v) is 8.25. The molecule has 0 unspecified atom stereocenters. The van der Waals surface area contributed by atoms with Crippen molar-refractivity contribution < 1.29 is 13.2 Å². The average molecular weight is 415 g/mol. The van der Waals surface area contributed by atoms with E-state index in [9.17, 15) is 13.2 Å². The number of benzene rings is 2. The van der Waals surface area contributed by atoms with Gasteiger partial charge in [0.25, 0.3) is 5.91 Å².